The average molecular weight is 278 g/mol. The predicted molar refractivity (Wildman–Crippen MR) is 81.6 cm³/mol. The highest BCUT2D eigenvalue weighted by molar-refractivity contribution is 5.93. The smallest absolute Gasteiger partial charge is 0.144 e. The van der Waals surface area contributed by atoms with Crippen molar-refractivity contribution in [3.05, 3.63) is 48.4 Å². The van der Waals surface area contributed by atoms with Gasteiger partial charge < -0.3 is 9.72 Å². The van der Waals surface area contributed by atoms with Crippen molar-refractivity contribution in [3.8, 4) is 17.0 Å². The average Bonchev–Trinajstić information content (AvgIpc) is 3.11. The third-order valence-corrected chi connectivity index (χ3v) is 3.68. The van der Waals surface area contributed by atoms with E-state index in [1.165, 1.54) is 0 Å². The number of fused-ring (bicyclic) bond motifs is 2. The summed E-state index contributed by atoms with van der Waals surface area (Å²) >= 11 is 0. The van der Waals surface area contributed by atoms with Gasteiger partial charge in [0.2, 0.25) is 0 Å². The van der Waals surface area contributed by atoms with Crippen molar-refractivity contribution in [2.75, 3.05) is 7.11 Å². The number of hydrogen-bond acceptors (Lipinski definition) is 3. The van der Waals surface area contributed by atoms with Crippen molar-refractivity contribution < 1.29 is 4.74 Å². The van der Waals surface area contributed by atoms with E-state index in [-0.39, 0.29) is 0 Å². The van der Waals surface area contributed by atoms with E-state index in [9.17, 15) is 0 Å². The summed E-state index contributed by atoms with van der Waals surface area (Å²) in [4.78, 5) is 7.65. The van der Waals surface area contributed by atoms with Gasteiger partial charge in [-0.1, -0.05) is 0 Å². The number of hydrogen-bond donors (Lipinski definition) is 1. The number of rotatable bonds is 2. The quantitative estimate of drug-likeness (QED) is 0.612. The number of nitrogens with zero attached hydrogens (tertiary/aromatic N) is 3. The van der Waals surface area contributed by atoms with Gasteiger partial charge in [-0.15, -0.1) is 0 Å². The van der Waals surface area contributed by atoms with E-state index in [2.05, 4.69) is 21.1 Å². The Morgan fingerprint density at radius 2 is 2.05 bits per heavy atom. The second kappa shape index (κ2) is 4.34. The Hall–Kier alpha value is -2.82. The number of aromatic nitrogens is 4. The summed E-state index contributed by atoms with van der Waals surface area (Å²) in [7, 11) is 1.67. The molecule has 0 saturated heterocycles. The Balaban J connectivity index is 2.07. The Kier molecular flexibility index (Phi) is 2.47. The molecule has 0 aliphatic rings. The van der Waals surface area contributed by atoms with Gasteiger partial charge in [-0.25, -0.2) is 9.50 Å². The zero-order valence-corrected chi connectivity index (χ0v) is 11.8. The van der Waals surface area contributed by atoms with E-state index < -0.39 is 0 Å². The molecule has 1 N–H and O–H groups in total. The number of aryl methyl sites for hydroxylation is 1. The molecule has 0 spiro atoms. The topological polar surface area (TPSA) is 55.2 Å². The van der Waals surface area contributed by atoms with Crippen LogP contribution in [0.3, 0.4) is 0 Å². The van der Waals surface area contributed by atoms with Crippen molar-refractivity contribution >= 4 is 16.6 Å². The molecule has 0 aliphatic carbocycles. The van der Waals surface area contributed by atoms with Crippen molar-refractivity contribution in [2.45, 2.75) is 6.92 Å². The zero-order chi connectivity index (χ0) is 14.4. The summed E-state index contributed by atoms with van der Waals surface area (Å²) in [5.74, 6) is 0.812. The summed E-state index contributed by atoms with van der Waals surface area (Å²) in [6, 6.07) is 10.1. The number of ether oxygens (including phenoxy) is 1. The maximum atomic E-state index is 5.39. The van der Waals surface area contributed by atoms with Gasteiger partial charge in [-0.3, -0.25) is 0 Å². The molecule has 0 aromatic carbocycles. The lowest BCUT2D eigenvalue weighted by Crippen LogP contribution is -1.96. The minimum absolute atomic E-state index is 0.812. The normalized spacial score (nSPS) is 11.3. The molecule has 0 radical (unpaired) electrons. The lowest BCUT2D eigenvalue weighted by molar-refractivity contribution is 0.417. The molecule has 0 unspecified atom stereocenters. The van der Waals surface area contributed by atoms with Crippen LogP contribution in [0.25, 0.3) is 27.8 Å². The standard InChI is InChI=1S/C16H14N4O/c1-10-9-12-11(5-7-17-16(12)19-10)13-3-4-15(21-2)14-6-8-18-20(13)14/h3-9H,1-2H3,(H,17,19). The van der Waals surface area contributed by atoms with Crippen LogP contribution in [0, 0.1) is 6.92 Å². The van der Waals surface area contributed by atoms with Gasteiger partial charge in [-0.05, 0) is 37.3 Å². The molecule has 5 nitrogen and oxygen atoms in total. The second-order valence-electron chi connectivity index (χ2n) is 4.99. The molecule has 104 valence electrons. The Morgan fingerprint density at radius 3 is 2.90 bits per heavy atom. The molecule has 5 heteroatoms. The first-order valence-corrected chi connectivity index (χ1v) is 6.73. The molecule has 0 atom stereocenters. The van der Waals surface area contributed by atoms with E-state index in [1.807, 2.05) is 41.9 Å². The van der Waals surface area contributed by atoms with Crippen molar-refractivity contribution in [3.63, 3.8) is 0 Å². The molecule has 0 amide bonds. The van der Waals surface area contributed by atoms with Crippen molar-refractivity contribution in [1.29, 1.82) is 0 Å². The summed E-state index contributed by atoms with van der Waals surface area (Å²) in [6.45, 7) is 2.03. The number of methoxy groups -OCH3 is 1. The lowest BCUT2D eigenvalue weighted by atomic mass is 10.1. The fourth-order valence-electron chi connectivity index (χ4n) is 2.75. The Bertz CT molecular complexity index is 951. The SMILES string of the molecule is COc1ccc(-c2ccnc3[nH]c(C)cc23)n2nccc12. The van der Waals surface area contributed by atoms with Gasteiger partial charge in [0.05, 0.1) is 19.0 Å². The van der Waals surface area contributed by atoms with Gasteiger partial charge in [0, 0.05) is 22.8 Å². The highest BCUT2D eigenvalue weighted by Gasteiger charge is 2.12. The predicted octanol–water partition coefficient (Wildman–Crippen LogP) is 3.19. The molecule has 0 aliphatic heterocycles. The Labute approximate surface area is 121 Å². The van der Waals surface area contributed by atoms with E-state index in [4.69, 9.17) is 4.74 Å². The monoisotopic (exact) mass is 278 g/mol. The first-order chi connectivity index (χ1) is 10.3. The Morgan fingerprint density at radius 1 is 1.14 bits per heavy atom. The summed E-state index contributed by atoms with van der Waals surface area (Å²) in [5.41, 5.74) is 5.05. The molecule has 4 aromatic rings. The summed E-state index contributed by atoms with van der Waals surface area (Å²) in [5, 5.41) is 5.52. The number of pyridine rings is 2. The van der Waals surface area contributed by atoms with E-state index in [0.29, 0.717) is 0 Å². The van der Waals surface area contributed by atoms with E-state index >= 15 is 0 Å². The third-order valence-electron chi connectivity index (χ3n) is 3.68. The van der Waals surface area contributed by atoms with Crippen LogP contribution < -0.4 is 4.74 Å². The van der Waals surface area contributed by atoms with Gasteiger partial charge in [0.1, 0.15) is 16.9 Å². The van der Waals surface area contributed by atoms with Gasteiger partial charge in [0.15, 0.2) is 0 Å². The molecule has 0 saturated carbocycles. The molecule has 4 rings (SSSR count). The van der Waals surface area contributed by atoms with Crippen LogP contribution in [0.5, 0.6) is 5.75 Å². The fourth-order valence-corrected chi connectivity index (χ4v) is 2.75. The summed E-state index contributed by atoms with van der Waals surface area (Å²) < 4.78 is 7.29. The summed E-state index contributed by atoms with van der Waals surface area (Å²) in [6.07, 6.45) is 3.59. The molecular weight excluding hydrogens is 264 g/mol. The molecule has 0 fully saturated rings. The van der Waals surface area contributed by atoms with Crippen LogP contribution in [0.15, 0.2) is 42.7 Å². The maximum Gasteiger partial charge on any atom is 0.144 e. The number of aromatic amines is 1. The lowest BCUT2D eigenvalue weighted by Gasteiger charge is -2.09. The van der Waals surface area contributed by atoms with Gasteiger partial charge >= 0.3 is 0 Å². The maximum absolute atomic E-state index is 5.39. The molecule has 0 bridgehead atoms. The highest BCUT2D eigenvalue weighted by atomic mass is 16.5. The first-order valence-electron chi connectivity index (χ1n) is 6.73. The molecule has 4 heterocycles. The van der Waals surface area contributed by atoms with Crippen LogP contribution in [0.4, 0.5) is 0 Å². The number of nitrogens with one attached hydrogen (secondary N) is 1. The molecular formula is C16H14N4O. The first kappa shape index (κ1) is 12.0. The van der Waals surface area contributed by atoms with E-state index in [0.717, 1.165) is 39.3 Å². The third kappa shape index (κ3) is 1.71. The minimum Gasteiger partial charge on any atom is -0.494 e. The van der Waals surface area contributed by atoms with Crippen LogP contribution in [0.1, 0.15) is 5.69 Å². The van der Waals surface area contributed by atoms with E-state index in [1.54, 1.807) is 13.3 Å². The zero-order valence-electron chi connectivity index (χ0n) is 11.8. The van der Waals surface area contributed by atoms with Gasteiger partial charge in [0.25, 0.3) is 0 Å². The largest absolute Gasteiger partial charge is 0.494 e. The van der Waals surface area contributed by atoms with Crippen LogP contribution in [-0.4, -0.2) is 26.7 Å². The van der Waals surface area contributed by atoms with Crippen LogP contribution in [-0.2, 0) is 0 Å². The fraction of sp³-hybridized carbons (Fsp3) is 0.125. The number of H-pyrrole nitrogens is 1. The van der Waals surface area contributed by atoms with Crippen LogP contribution >= 0.6 is 0 Å². The second-order valence-corrected chi connectivity index (χ2v) is 4.99. The van der Waals surface area contributed by atoms with Crippen molar-refractivity contribution in [1.82, 2.24) is 19.6 Å². The van der Waals surface area contributed by atoms with Gasteiger partial charge in [-0.2, -0.15) is 5.10 Å². The molecule has 4 aromatic heterocycles. The minimum atomic E-state index is 0.812. The van der Waals surface area contributed by atoms with Crippen LogP contribution in [0.2, 0.25) is 0 Å². The highest BCUT2D eigenvalue weighted by Crippen LogP contribution is 2.31. The van der Waals surface area contributed by atoms with Crippen molar-refractivity contribution in [2.24, 2.45) is 0 Å². The molecule has 21 heavy (non-hydrogen) atoms.